The summed E-state index contributed by atoms with van der Waals surface area (Å²) in [5.74, 6) is 1.88. The van der Waals surface area contributed by atoms with Crippen LogP contribution in [0.25, 0.3) is 0 Å². The fourth-order valence-electron chi connectivity index (χ4n) is 1.90. The van der Waals surface area contributed by atoms with Gasteiger partial charge < -0.3 is 14.6 Å². The zero-order valence-electron chi connectivity index (χ0n) is 12.5. The van der Waals surface area contributed by atoms with E-state index in [0.717, 1.165) is 24.3 Å². The average molecular weight is 266 g/mol. The molecule has 0 aromatic heterocycles. The number of aryl methyl sites for hydroxylation is 1. The normalized spacial score (nSPS) is 12.5. The summed E-state index contributed by atoms with van der Waals surface area (Å²) >= 11 is 0. The van der Waals surface area contributed by atoms with Gasteiger partial charge in [-0.15, -0.1) is 0 Å². The van der Waals surface area contributed by atoms with Gasteiger partial charge in [0.15, 0.2) is 11.5 Å². The molecule has 19 heavy (non-hydrogen) atoms. The van der Waals surface area contributed by atoms with Crippen LogP contribution in [0, 0.1) is 5.92 Å². The predicted molar refractivity (Wildman–Crippen MR) is 77.9 cm³/mol. The van der Waals surface area contributed by atoms with E-state index in [2.05, 4.69) is 0 Å². The molecule has 1 N–H and O–H groups in total. The first-order valence-corrected chi connectivity index (χ1v) is 7.15. The molecule has 0 bridgehead atoms. The van der Waals surface area contributed by atoms with Crippen LogP contribution < -0.4 is 9.47 Å². The Hall–Kier alpha value is -1.22. The SMILES string of the molecule is CCOc1ccc(CCC(O)C(C)C)cc1OCC. The third-order valence-electron chi connectivity index (χ3n) is 3.11. The molecule has 1 atom stereocenters. The van der Waals surface area contributed by atoms with Crippen LogP contribution >= 0.6 is 0 Å². The summed E-state index contributed by atoms with van der Waals surface area (Å²) in [4.78, 5) is 0. The highest BCUT2D eigenvalue weighted by molar-refractivity contribution is 5.43. The lowest BCUT2D eigenvalue weighted by atomic mass is 9.99. The molecule has 3 heteroatoms. The fourth-order valence-corrected chi connectivity index (χ4v) is 1.90. The maximum atomic E-state index is 9.84. The molecule has 3 nitrogen and oxygen atoms in total. The summed E-state index contributed by atoms with van der Waals surface area (Å²) in [5.41, 5.74) is 1.17. The first-order valence-electron chi connectivity index (χ1n) is 7.15. The summed E-state index contributed by atoms with van der Waals surface area (Å²) in [5, 5.41) is 9.84. The summed E-state index contributed by atoms with van der Waals surface area (Å²) in [7, 11) is 0. The van der Waals surface area contributed by atoms with E-state index >= 15 is 0 Å². The van der Waals surface area contributed by atoms with Gasteiger partial charge in [0.2, 0.25) is 0 Å². The molecule has 0 aliphatic carbocycles. The van der Waals surface area contributed by atoms with E-state index in [9.17, 15) is 5.11 Å². The number of rotatable bonds is 8. The Morgan fingerprint density at radius 2 is 1.68 bits per heavy atom. The second kappa shape index (κ2) is 8.05. The summed E-state index contributed by atoms with van der Waals surface area (Å²) in [6.07, 6.45) is 1.38. The van der Waals surface area contributed by atoms with E-state index < -0.39 is 0 Å². The molecule has 0 aliphatic heterocycles. The van der Waals surface area contributed by atoms with Gasteiger partial charge in [-0.3, -0.25) is 0 Å². The van der Waals surface area contributed by atoms with Gasteiger partial charge in [0.1, 0.15) is 0 Å². The first-order chi connectivity index (χ1) is 9.08. The second-order valence-corrected chi connectivity index (χ2v) is 5.00. The minimum absolute atomic E-state index is 0.248. The van der Waals surface area contributed by atoms with Crippen molar-refractivity contribution in [3.63, 3.8) is 0 Å². The zero-order chi connectivity index (χ0) is 14.3. The number of aliphatic hydroxyl groups is 1. The van der Waals surface area contributed by atoms with Gasteiger partial charge in [-0.1, -0.05) is 19.9 Å². The van der Waals surface area contributed by atoms with E-state index in [1.807, 2.05) is 45.9 Å². The van der Waals surface area contributed by atoms with Gasteiger partial charge in [0.05, 0.1) is 19.3 Å². The van der Waals surface area contributed by atoms with Gasteiger partial charge in [-0.2, -0.15) is 0 Å². The Morgan fingerprint density at radius 1 is 1.05 bits per heavy atom. The zero-order valence-corrected chi connectivity index (χ0v) is 12.5. The maximum Gasteiger partial charge on any atom is 0.161 e. The lowest BCUT2D eigenvalue weighted by molar-refractivity contribution is 0.116. The van der Waals surface area contributed by atoms with Gasteiger partial charge in [-0.05, 0) is 50.3 Å². The minimum Gasteiger partial charge on any atom is -0.490 e. The lowest BCUT2D eigenvalue weighted by Crippen LogP contribution is -2.15. The molecule has 0 fully saturated rings. The van der Waals surface area contributed by atoms with E-state index in [1.54, 1.807) is 0 Å². The molecule has 0 spiro atoms. The van der Waals surface area contributed by atoms with Crippen LogP contribution in [-0.4, -0.2) is 24.4 Å². The summed E-state index contributed by atoms with van der Waals surface area (Å²) in [6, 6.07) is 6.01. The Labute approximate surface area is 116 Å². The fraction of sp³-hybridized carbons (Fsp3) is 0.625. The van der Waals surface area contributed by atoms with Crippen LogP contribution in [0.15, 0.2) is 18.2 Å². The van der Waals surface area contributed by atoms with Crippen molar-refractivity contribution in [1.82, 2.24) is 0 Å². The quantitative estimate of drug-likeness (QED) is 0.783. The third kappa shape index (κ3) is 5.11. The molecule has 1 aromatic rings. The van der Waals surface area contributed by atoms with Gasteiger partial charge in [0.25, 0.3) is 0 Å². The lowest BCUT2D eigenvalue weighted by Gasteiger charge is -2.15. The van der Waals surface area contributed by atoms with Gasteiger partial charge in [0, 0.05) is 0 Å². The molecule has 1 aromatic carbocycles. The molecule has 1 unspecified atom stereocenters. The van der Waals surface area contributed by atoms with Crippen LogP contribution in [-0.2, 0) is 6.42 Å². The molecule has 0 aliphatic rings. The predicted octanol–water partition coefficient (Wildman–Crippen LogP) is 3.43. The second-order valence-electron chi connectivity index (χ2n) is 5.00. The van der Waals surface area contributed by atoms with Crippen molar-refractivity contribution < 1.29 is 14.6 Å². The number of aliphatic hydroxyl groups excluding tert-OH is 1. The molecule has 108 valence electrons. The van der Waals surface area contributed by atoms with Crippen LogP contribution in [0.1, 0.15) is 39.7 Å². The van der Waals surface area contributed by atoms with Gasteiger partial charge >= 0.3 is 0 Å². The van der Waals surface area contributed by atoms with Crippen molar-refractivity contribution in [3.05, 3.63) is 23.8 Å². The van der Waals surface area contributed by atoms with E-state index in [1.165, 1.54) is 5.56 Å². The van der Waals surface area contributed by atoms with E-state index in [-0.39, 0.29) is 6.10 Å². The van der Waals surface area contributed by atoms with E-state index in [4.69, 9.17) is 9.47 Å². The molecule has 0 amide bonds. The first kappa shape index (κ1) is 15.8. The molecule has 0 saturated carbocycles. The van der Waals surface area contributed by atoms with Crippen molar-refractivity contribution in [2.75, 3.05) is 13.2 Å². The Bertz CT molecular complexity index is 374. The maximum absolute atomic E-state index is 9.84. The molecular weight excluding hydrogens is 240 g/mol. The van der Waals surface area contributed by atoms with E-state index in [0.29, 0.717) is 19.1 Å². The van der Waals surface area contributed by atoms with Crippen molar-refractivity contribution >= 4 is 0 Å². The Kier molecular flexibility index (Phi) is 6.71. The summed E-state index contributed by atoms with van der Waals surface area (Å²) < 4.78 is 11.1. The summed E-state index contributed by atoms with van der Waals surface area (Å²) in [6.45, 7) is 9.25. The Morgan fingerprint density at radius 3 is 2.26 bits per heavy atom. The molecular formula is C16H26O3. The van der Waals surface area contributed by atoms with Crippen LogP contribution in [0.5, 0.6) is 11.5 Å². The van der Waals surface area contributed by atoms with Gasteiger partial charge in [-0.25, -0.2) is 0 Å². The molecule has 0 heterocycles. The van der Waals surface area contributed by atoms with Crippen LogP contribution in [0.3, 0.4) is 0 Å². The largest absolute Gasteiger partial charge is 0.490 e. The molecule has 0 radical (unpaired) electrons. The number of hydrogen-bond acceptors (Lipinski definition) is 3. The average Bonchev–Trinajstić information content (AvgIpc) is 2.39. The number of ether oxygens (including phenoxy) is 2. The number of benzene rings is 1. The highest BCUT2D eigenvalue weighted by Gasteiger charge is 2.11. The smallest absolute Gasteiger partial charge is 0.161 e. The topological polar surface area (TPSA) is 38.7 Å². The minimum atomic E-state index is -0.248. The highest BCUT2D eigenvalue weighted by Crippen LogP contribution is 2.29. The monoisotopic (exact) mass is 266 g/mol. The standard InChI is InChI=1S/C16H26O3/c1-5-18-15-10-8-13(11-16(15)19-6-2)7-9-14(17)12(3)4/h8,10-12,14,17H,5-7,9H2,1-4H3. The molecule has 0 saturated heterocycles. The highest BCUT2D eigenvalue weighted by atomic mass is 16.5. The van der Waals surface area contributed by atoms with Crippen LogP contribution in [0.2, 0.25) is 0 Å². The Balaban J connectivity index is 2.71. The third-order valence-corrected chi connectivity index (χ3v) is 3.11. The van der Waals surface area contributed by atoms with Crippen LogP contribution in [0.4, 0.5) is 0 Å². The number of hydrogen-bond donors (Lipinski definition) is 1. The van der Waals surface area contributed by atoms with Crippen molar-refractivity contribution in [2.24, 2.45) is 5.92 Å². The molecule has 1 rings (SSSR count). The van der Waals surface area contributed by atoms with Crippen molar-refractivity contribution in [3.8, 4) is 11.5 Å². The van der Waals surface area contributed by atoms with Crippen molar-refractivity contribution in [2.45, 2.75) is 46.6 Å². The van der Waals surface area contributed by atoms with Crippen molar-refractivity contribution in [1.29, 1.82) is 0 Å².